The summed E-state index contributed by atoms with van der Waals surface area (Å²) < 4.78 is 5.23. The molecule has 0 saturated heterocycles. The van der Waals surface area contributed by atoms with Crippen LogP contribution < -0.4 is 5.73 Å². The Bertz CT molecular complexity index is 205. The summed E-state index contributed by atoms with van der Waals surface area (Å²) in [5.74, 6) is 1.61. The van der Waals surface area contributed by atoms with Crippen molar-refractivity contribution in [1.82, 2.24) is 0 Å². The molecule has 3 nitrogen and oxygen atoms in total. The van der Waals surface area contributed by atoms with Crippen LogP contribution in [0.2, 0.25) is 0 Å². The summed E-state index contributed by atoms with van der Waals surface area (Å²) in [5, 5.41) is 8.90. The monoisotopic (exact) mass is 155 g/mol. The second-order valence-electron chi connectivity index (χ2n) is 2.84. The van der Waals surface area contributed by atoms with Crippen LogP contribution in [0.3, 0.4) is 0 Å². The van der Waals surface area contributed by atoms with Crippen molar-refractivity contribution in [1.29, 1.82) is 0 Å². The zero-order valence-corrected chi connectivity index (χ0v) is 6.74. The fourth-order valence-electron chi connectivity index (χ4n) is 0.838. The molecule has 0 saturated carbocycles. The second-order valence-corrected chi connectivity index (χ2v) is 2.84. The highest BCUT2D eigenvalue weighted by Crippen LogP contribution is 2.19. The Morgan fingerprint density at radius 3 is 2.18 bits per heavy atom. The van der Waals surface area contributed by atoms with E-state index in [1.165, 1.54) is 0 Å². The van der Waals surface area contributed by atoms with Gasteiger partial charge in [-0.15, -0.1) is 0 Å². The van der Waals surface area contributed by atoms with Crippen molar-refractivity contribution >= 4 is 0 Å². The van der Waals surface area contributed by atoms with E-state index in [4.69, 9.17) is 15.3 Å². The normalized spacial score (nSPS) is 13.9. The van der Waals surface area contributed by atoms with Crippen LogP contribution in [0.5, 0.6) is 0 Å². The first kappa shape index (κ1) is 8.30. The molecule has 0 radical (unpaired) electrons. The maximum Gasteiger partial charge on any atom is 0.161 e. The minimum atomic E-state index is -0.998. The van der Waals surface area contributed by atoms with Gasteiger partial charge in [-0.2, -0.15) is 0 Å². The van der Waals surface area contributed by atoms with E-state index >= 15 is 0 Å². The van der Waals surface area contributed by atoms with Crippen LogP contribution in [0.1, 0.15) is 37.5 Å². The zero-order valence-electron chi connectivity index (χ0n) is 6.74. The largest absolute Gasteiger partial charge is 0.462 e. The maximum atomic E-state index is 8.90. The van der Waals surface area contributed by atoms with E-state index in [9.17, 15) is 0 Å². The third kappa shape index (κ3) is 1.82. The van der Waals surface area contributed by atoms with Gasteiger partial charge in [-0.05, 0) is 12.1 Å². The summed E-state index contributed by atoms with van der Waals surface area (Å²) in [6, 6.07) is 3.52. The molecule has 3 N–H and O–H groups in total. The lowest BCUT2D eigenvalue weighted by atomic mass is 10.2. The van der Waals surface area contributed by atoms with Crippen LogP contribution in [-0.2, 0) is 0 Å². The van der Waals surface area contributed by atoms with Crippen molar-refractivity contribution in [3.63, 3.8) is 0 Å². The van der Waals surface area contributed by atoms with Gasteiger partial charge in [-0.1, -0.05) is 13.8 Å². The number of aliphatic hydroxyl groups excluding tert-OH is 1. The van der Waals surface area contributed by atoms with Crippen molar-refractivity contribution < 1.29 is 9.52 Å². The number of hydrogen-bond acceptors (Lipinski definition) is 3. The molecular formula is C8H13NO2. The lowest BCUT2D eigenvalue weighted by Gasteiger charge is -2.00. The van der Waals surface area contributed by atoms with Crippen LogP contribution in [0.15, 0.2) is 16.5 Å². The van der Waals surface area contributed by atoms with E-state index < -0.39 is 6.23 Å². The summed E-state index contributed by atoms with van der Waals surface area (Å²) in [6.07, 6.45) is -0.998. The van der Waals surface area contributed by atoms with Crippen molar-refractivity contribution in [2.75, 3.05) is 0 Å². The van der Waals surface area contributed by atoms with Gasteiger partial charge < -0.3 is 9.52 Å². The predicted octanol–water partition coefficient (Wildman–Crippen LogP) is 1.35. The van der Waals surface area contributed by atoms with Crippen molar-refractivity contribution in [2.45, 2.75) is 26.0 Å². The lowest BCUT2D eigenvalue weighted by Crippen LogP contribution is -2.06. The average Bonchev–Trinajstić information content (AvgIpc) is 2.33. The molecule has 0 bridgehead atoms. The summed E-state index contributed by atoms with van der Waals surface area (Å²) >= 11 is 0. The number of rotatable bonds is 2. The molecule has 1 atom stereocenters. The van der Waals surface area contributed by atoms with Gasteiger partial charge in [0, 0.05) is 5.92 Å². The van der Waals surface area contributed by atoms with Crippen molar-refractivity contribution in [2.24, 2.45) is 5.73 Å². The molecule has 3 heteroatoms. The second kappa shape index (κ2) is 3.07. The molecule has 0 fully saturated rings. The molecule has 0 aliphatic heterocycles. The summed E-state index contributed by atoms with van der Waals surface area (Å²) in [6.45, 7) is 4.04. The lowest BCUT2D eigenvalue weighted by molar-refractivity contribution is 0.154. The molecule has 0 aliphatic rings. The van der Waals surface area contributed by atoms with Gasteiger partial charge in [0.25, 0.3) is 0 Å². The molecule has 0 spiro atoms. The standard InChI is InChI=1S/C8H13NO2/c1-5(2)6-3-4-7(11-6)8(9)10/h3-5,8,10H,9H2,1-2H3. The molecule has 1 heterocycles. The van der Waals surface area contributed by atoms with Gasteiger partial charge in [-0.3, -0.25) is 5.73 Å². The van der Waals surface area contributed by atoms with E-state index in [2.05, 4.69) is 0 Å². The molecule has 1 aromatic rings. The minimum Gasteiger partial charge on any atom is -0.462 e. The van der Waals surface area contributed by atoms with Crippen molar-refractivity contribution in [3.8, 4) is 0 Å². The van der Waals surface area contributed by atoms with Crippen LogP contribution >= 0.6 is 0 Å². The first-order valence-electron chi connectivity index (χ1n) is 3.64. The summed E-state index contributed by atoms with van der Waals surface area (Å²) in [4.78, 5) is 0. The third-order valence-corrected chi connectivity index (χ3v) is 1.51. The van der Waals surface area contributed by atoms with E-state index in [1.54, 1.807) is 6.07 Å². The number of aliphatic hydroxyl groups is 1. The quantitative estimate of drug-likeness (QED) is 0.634. The molecule has 1 unspecified atom stereocenters. The Hall–Kier alpha value is -0.800. The molecule has 62 valence electrons. The topological polar surface area (TPSA) is 59.4 Å². The highest BCUT2D eigenvalue weighted by molar-refractivity contribution is 5.11. The van der Waals surface area contributed by atoms with E-state index in [0.717, 1.165) is 5.76 Å². The first-order chi connectivity index (χ1) is 5.11. The van der Waals surface area contributed by atoms with Crippen molar-refractivity contribution in [3.05, 3.63) is 23.7 Å². The Balaban J connectivity index is 2.82. The molecule has 0 aromatic carbocycles. The summed E-state index contributed by atoms with van der Waals surface area (Å²) in [7, 11) is 0. The molecule has 1 rings (SSSR count). The Morgan fingerprint density at radius 2 is 1.91 bits per heavy atom. The van der Waals surface area contributed by atoms with Gasteiger partial charge in [-0.25, -0.2) is 0 Å². The predicted molar refractivity (Wildman–Crippen MR) is 41.9 cm³/mol. The Kier molecular flexibility index (Phi) is 2.31. The number of nitrogens with two attached hydrogens (primary N) is 1. The molecule has 0 amide bonds. The zero-order chi connectivity index (χ0) is 8.43. The van der Waals surface area contributed by atoms with Crippen LogP contribution in [-0.4, -0.2) is 5.11 Å². The van der Waals surface area contributed by atoms with Gasteiger partial charge in [0.05, 0.1) is 0 Å². The van der Waals surface area contributed by atoms with Gasteiger partial charge in [0.1, 0.15) is 11.5 Å². The van der Waals surface area contributed by atoms with E-state index in [1.807, 2.05) is 19.9 Å². The number of furan rings is 1. The van der Waals surface area contributed by atoms with Crippen LogP contribution in [0, 0.1) is 0 Å². The van der Waals surface area contributed by atoms with Gasteiger partial charge >= 0.3 is 0 Å². The molecule has 0 aliphatic carbocycles. The van der Waals surface area contributed by atoms with Crippen LogP contribution in [0.4, 0.5) is 0 Å². The summed E-state index contributed by atoms with van der Waals surface area (Å²) in [5.41, 5.74) is 5.19. The smallest absolute Gasteiger partial charge is 0.161 e. The molecule has 11 heavy (non-hydrogen) atoms. The highest BCUT2D eigenvalue weighted by atomic mass is 16.4. The Morgan fingerprint density at radius 1 is 1.36 bits per heavy atom. The van der Waals surface area contributed by atoms with E-state index in [-0.39, 0.29) is 0 Å². The number of hydrogen-bond donors (Lipinski definition) is 2. The highest BCUT2D eigenvalue weighted by Gasteiger charge is 2.08. The molecular weight excluding hydrogens is 142 g/mol. The third-order valence-electron chi connectivity index (χ3n) is 1.51. The Labute approximate surface area is 65.8 Å². The minimum absolute atomic E-state index is 0.336. The first-order valence-corrected chi connectivity index (χ1v) is 3.64. The maximum absolute atomic E-state index is 8.90. The van der Waals surface area contributed by atoms with Gasteiger partial charge in [0.2, 0.25) is 0 Å². The fraction of sp³-hybridized carbons (Fsp3) is 0.500. The van der Waals surface area contributed by atoms with Crippen LogP contribution in [0.25, 0.3) is 0 Å². The van der Waals surface area contributed by atoms with Gasteiger partial charge in [0.15, 0.2) is 6.23 Å². The molecule has 1 aromatic heterocycles. The van der Waals surface area contributed by atoms with E-state index in [0.29, 0.717) is 11.7 Å². The SMILES string of the molecule is CC(C)c1ccc(C(N)O)o1. The fourth-order valence-corrected chi connectivity index (χ4v) is 0.838. The average molecular weight is 155 g/mol.